The molecule has 0 amide bonds. The van der Waals surface area contributed by atoms with E-state index in [0.717, 1.165) is 27.9 Å². The van der Waals surface area contributed by atoms with E-state index in [4.69, 9.17) is 4.42 Å². The van der Waals surface area contributed by atoms with E-state index in [2.05, 4.69) is 20.4 Å². The van der Waals surface area contributed by atoms with Crippen molar-refractivity contribution in [3.63, 3.8) is 0 Å². The van der Waals surface area contributed by atoms with Crippen molar-refractivity contribution in [2.75, 3.05) is 0 Å². The minimum absolute atomic E-state index is 0.129. The Morgan fingerprint density at radius 1 is 0.886 bits per heavy atom. The first-order chi connectivity index (χ1) is 17.1. The van der Waals surface area contributed by atoms with Gasteiger partial charge in [-0.1, -0.05) is 54.2 Å². The van der Waals surface area contributed by atoms with Gasteiger partial charge >= 0.3 is 0 Å². The number of hydrogen-bond acceptors (Lipinski definition) is 7. The summed E-state index contributed by atoms with van der Waals surface area (Å²) in [7, 11) is 0. The van der Waals surface area contributed by atoms with Gasteiger partial charge in [-0.15, -0.1) is 20.4 Å². The van der Waals surface area contributed by atoms with Crippen LogP contribution in [-0.4, -0.2) is 29.4 Å². The normalized spacial score (nSPS) is 11.5. The van der Waals surface area contributed by atoms with Gasteiger partial charge in [0.2, 0.25) is 17.6 Å². The molecule has 0 radical (unpaired) electrons. The van der Waals surface area contributed by atoms with Crippen LogP contribution >= 0.6 is 11.8 Å². The first-order valence-corrected chi connectivity index (χ1v) is 12.1. The Morgan fingerprint density at radius 3 is 2.54 bits per heavy atom. The van der Waals surface area contributed by atoms with Crippen LogP contribution < -0.4 is 5.56 Å². The highest BCUT2D eigenvalue weighted by atomic mass is 32.2. The van der Waals surface area contributed by atoms with Crippen LogP contribution in [-0.2, 0) is 5.75 Å². The van der Waals surface area contributed by atoms with Crippen LogP contribution in [0.1, 0.15) is 17.0 Å². The minimum Gasteiger partial charge on any atom is -0.420 e. The first kappa shape index (κ1) is 21.3. The lowest BCUT2D eigenvalue weighted by molar-refractivity contribution is 0.528. The number of fused-ring (bicyclic) bond motifs is 3. The fourth-order valence-electron chi connectivity index (χ4n) is 4.09. The summed E-state index contributed by atoms with van der Waals surface area (Å²) in [6.07, 6.45) is 0. The van der Waals surface area contributed by atoms with Crippen molar-refractivity contribution in [2.45, 2.75) is 24.8 Å². The molecule has 172 valence electrons. The first-order valence-electron chi connectivity index (χ1n) is 11.1. The summed E-state index contributed by atoms with van der Waals surface area (Å²) in [5.74, 6) is 1.83. The molecule has 0 saturated heterocycles. The molecule has 0 fully saturated rings. The zero-order valence-corrected chi connectivity index (χ0v) is 19.9. The topological polar surface area (TPSA) is 91.1 Å². The molecule has 9 heteroatoms. The minimum atomic E-state index is -0.129. The van der Waals surface area contributed by atoms with E-state index >= 15 is 0 Å². The molecule has 0 aliphatic rings. The maximum absolute atomic E-state index is 13.6. The van der Waals surface area contributed by atoms with E-state index in [9.17, 15) is 4.79 Å². The molecule has 0 bridgehead atoms. The molecule has 35 heavy (non-hydrogen) atoms. The predicted molar refractivity (Wildman–Crippen MR) is 135 cm³/mol. The second-order valence-electron chi connectivity index (χ2n) is 8.22. The summed E-state index contributed by atoms with van der Waals surface area (Å²) in [5.41, 5.74) is 4.31. The van der Waals surface area contributed by atoms with Crippen LogP contribution in [0.3, 0.4) is 0 Å². The van der Waals surface area contributed by atoms with Crippen LogP contribution in [0.4, 0.5) is 0 Å². The number of aromatic nitrogens is 6. The third kappa shape index (κ3) is 3.70. The van der Waals surface area contributed by atoms with Crippen LogP contribution in [0.5, 0.6) is 0 Å². The number of rotatable bonds is 5. The quantitative estimate of drug-likeness (QED) is 0.321. The molecule has 8 nitrogen and oxygen atoms in total. The smallest absolute Gasteiger partial charge is 0.267 e. The SMILES string of the molecule is Cc1ccc(C)c(-n2c(=O)c3ccccc3n3c(SCc4nnc(-c5ccccc5)o4)nnc23)c1. The lowest BCUT2D eigenvalue weighted by Gasteiger charge is -2.13. The third-order valence-corrected chi connectivity index (χ3v) is 6.73. The molecule has 0 N–H and O–H groups in total. The number of para-hydroxylation sites is 1. The van der Waals surface area contributed by atoms with Gasteiger partial charge in [-0.2, -0.15) is 0 Å². The summed E-state index contributed by atoms with van der Waals surface area (Å²) in [6.45, 7) is 3.99. The number of nitrogens with zero attached hydrogens (tertiary/aromatic N) is 6. The Hall–Kier alpha value is -4.24. The molecule has 0 aliphatic heterocycles. The van der Waals surface area contributed by atoms with E-state index in [1.807, 2.05) is 91.0 Å². The Kier molecular flexibility index (Phi) is 5.18. The van der Waals surface area contributed by atoms with E-state index in [1.165, 1.54) is 11.8 Å². The Morgan fingerprint density at radius 2 is 1.69 bits per heavy atom. The zero-order valence-electron chi connectivity index (χ0n) is 19.0. The maximum Gasteiger partial charge on any atom is 0.267 e. The molecule has 0 atom stereocenters. The van der Waals surface area contributed by atoms with Crippen molar-refractivity contribution in [2.24, 2.45) is 0 Å². The highest BCUT2D eigenvalue weighted by molar-refractivity contribution is 7.98. The maximum atomic E-state index is 13.6. The zero-order chi connectivity index (χ0) is 23.9. The molecule has 3 heterocycles. The van der Waals surface area contributed by atoms with Gasteiger partial charge in [-0.05, 0) is 55.3 Å². The molecule has 0 unspecified atom stereocenters. The van der Waals surface area contributed by atoms with Crippen LogP contribution in [0, 0.1) is 13.8 Å². The number of hydrogen-bond donors (Lipinski definition) is 0. The molecular weight excluding hydrogens is 460 g/mol. The molecule has 0 aliphatic carbocycles. The van der Waals surface area contributed by atoms with Gasteiger partial charge < -0.3 is 4.42 Å². The molecular formula is C26H20N6O2S. The van der Waals surface area contributed by atoms with E-state index in [1.54, 1.807) is 4.57 Å². The van der Waals surface area contributed by atoms with Crippen molar-refractivity contribution in [1.29, 1.82) is 0 Å². The predicted octanol–water partition coefficient (Wildman–Crippen LogP) is 4.99. The molecule has 3 aromatic carbocycles. The van der Waals surface area contributed by atoms with Gasteiger partial charge in [-0.3, -0.25) is 9.20 Å². The van der Waals surface area contributed by atoms with Crippen molar-refractivity contribution in [3.05, 3.63) is 100 Å². The van der Waals surface area contributed by atoms with Crippen molar-refractivity contribution >= 4 is 28.4 Å². The summed E-state index contributed by atoms with van der Waals surface area (Å²) < 4.78 is 9.41. The van der Waals surface area contributed by atoms with E-state index in [-0.39, 0.29) is 5.56 Å². The Labute approximate surface area is 204 Å². The van der Waals surface area contributed by atoms with E-state index in [0.29, 0.717) is 33.9 Å². The van der Waals surface area contributed by atoms with Crippen LogP contribution in [0.25, 0.3) is 33.8 Å². The number of aryl methyl sites for hydroxylation is 2. The van der Waals surface area contributed by atoms with Gasteiger partial charge in [0.25, 0.3) is 5.56 Å². The van der Waals surface area contributed by atoms with Gasteiger partial charge in [0.05, 0.1) is 22.3 Å². The standard InChI is InChI=1S/C26H20N6O2S/c1-16-12-13-17(2)21(14-16)31-24(33)19-10-6-7-11-20(19)32-25(31)29-30-26(32)35-15-22-27-28-23(34-22)18-8-4-3-5-9-18/h3-14H,15H2,1-2H3. The largest absolute Gasteiger partial charge is 0.420 e. The number of benzene rings is 3. The summed E-state index contributed by atoms with van der Waals surface area (Å²) >= 11 is 1.43. The monoisotopic (exact) mass is 480 g/mol. The van der Waals surface area contributed by atoms with Crippen LogP contribution in [0.2, 0.25) is 0 Å². The highest BCUT2D eigenvalue weighted by Gasteiger charge is 2.20. The fourth-order valence-corrected chi connectivity index (χ4v) is 4.86. The summed E-state index contributed by atoms with van der Waals surface area (Å²) in [6, 6.07) is 23.2. The second kappa shape index (κ2) is 8.52. The number of thioether (sulfide) groups is 1. The Bertz CT molecular complexity index is 1750. The van der Waals surface area contributed by atoms with Crippen LogP contribution in [0.15, 0.2) is 87.2 Å². The van der Waals surface area contributed by atoms with E-state index < -0.39 is 0 Å². The molecule has 0 saturated carbocycles. The highest BCUT2D eigenvalue weighted by Crippen LogP contribution is 2.27. The van der Waals surface area contributed by atoms with Gasteiger partial charge in [-0.25, -0.2) is 4.57 Å². The molecule has 3 aromatic heterocycles. The Balaban J connectivity index is 1.45. The van der Waals surface area contributed by atoms with Crippen molar-refractivity contribution in [3.8, 4) is 17.1 Å². The second-order valence-corrected chi connectivity index (χ2v) is 9.16. The van der Waals surface area contributed by atoms with Gasteiger partial charge in [0.15, 0.2) is 5.16 Å². The summed E-state index contributed by atoms with van der Waals surface area (Å²) in [5, 5.41) is 18.4. The lowest BCUT2D eigenvalue weighted by atomic mass is 10.1. The molecule has 6 aromatic rings. The molecule has 0 spiro atoms. The van der Waals surface area contributed by atoms with Gasteiger partial charge in [0, 0.05) is 5.56 Å². The third-order valence-electron chi connectivity index (χ3n) is 5.81. The fraction of sp³-hybridized carbons (Fsp3) is 0.115. The lowest BCUT2D eigenvalue weighted by Crippen LogP contribution is -2.22. The van der Waals surface area contributed by atoms with Crippen molar-refractivity contribution in [1.82, 2.24) is 29.4 Å². The van der Waals surface area contributed by atoms with Crippen molar-refractivity contribution < 1.29 is 4.42 Å². The van der Waals surface area contributed by atoms with Gasteiger partial charge in [0.1, 0.15) is 0 Å². The average Bonchev–Trinajstić information content (AvgIpc) is 3.53. The molecule has 6 rings (SSSR count). The average molecular weight is 481 g/mol. The summed E-state index contributed by atoms with van der Waals surface area (Å²) in [4.78, 5) is 13.6.